The van der Waals surface area contributed by atoms with Crippen LogP contribution in [0.2, 0.25) is 0 Å². The van der Waals surface area contributed by atoms with Gasteiger partial charge in [-0.15, -0.1) is 0 Å². The normalized spacial score (nSPS) is 15.6. The number of fused-ring (bicyclic) bond motifs is 1. The van der Waals surface area contributed by atoms with Crippen molar-refractivity contribution in [1.29, 1.82) is 0 Å². The first-order valence-corrected chi connectivity index (χ1v) is 11.0. The molecule has 1 unspecified atom stereocenters. The van der Waals surface area contributed by atoms with Crippen LogP contribution in [0, 0.1) is 0 Å². The Balaban J connectivity index is 1.64. The van der Waals surface area contributed by atoms with Crippen molar-refractivity contribution in [3.63, 3.8) is 0 Å². The van der Waals surface area contributed by atoms with E-state index in [1.54, 1.807) is 19.1 Å². The van der Waals surface area contributed by atoms with Gasteiger partial charge in [-0.2, -0.15) is 0 Å². The SMILES string of the molecule is CCOC(=O)c1cccc(S(=O)(=O)NCC(C)N2CCc3ccccc3C2)c1. The highest BCUT2D eigenvalue weighted by Crippen LogP contribution is 2.20. The molecule has 0 bridgehead atoms. The second kappa shape index (κ2) is 8.86. The van der Waals surface area contributed by atoms with Crippen LogP contribution in [0.25, 0.3) is 0 Å². The van der Waals surface area contributed by atoms with Crippen molar-refractivity contribution in [2.75, 3.05) is 19.7 Å². The first-order valence-electron chi connectivity index (χ1n) is 9.48. The van der Waals surface area contributed by atoms with E-state index in [9.17, 15) is 13.2 Å². The van der Waals surface area contributed by atoms with E-state index in [-0.39, 0.29) is 23.1 Å². The van der Waals surface area contributed by atoms with Crippen molar-refractivity contribution >= 4 is 16.0 Å². The highest BCUT2D eigenvalue weighted by Gasteiger charge is 2.23. The molecule has 0 saturated heterocycles. The lowest BCUT2D eigenvalue weighted by molar-refractivity contribution is 0.0526. The molecule has 1 heterocycles. The van der Waals surface area contributed by atoms with Gasteiger partial charge in [0.05, 0.1) is 17.1 Å². The average Bonchev–Trinajstić information content (AvgIpc) is 2.72. The molecule has 1 aliphatic rings. The molecule has 28 heavy (non-hydrogen) atoms. The number of esters is 1. The Labute approximate surface area is 166 Å². The van der Waals surface area contributed by atoms with Gasteiger partial charge in [-0.25, -0.2) is 17.9 Å². The van der Waals surface area contributed by atoms with E-state index in [1.807, 2.05) is 13.0 Å². The van der Waals surface area contributed by atoms with Crippen LogP contribution in [0.15, 0.2) is 53.4 Å². The van der Waals surface area contributed by atoms with Crippen LogP contribution in [-0.4, -0.2) is 45.0 Å². The summed E-state index contributed by atoms with van der Waals surface area (Å²) in [6.07, 6.45) is 0.967. The molecule has 0 aromatic heterocycles. The monoisotopic (exact) mass is 402 g/mol. The summed E-state index contributed by atoms with van der Waals surface area (Å²) >= 11 is 0. The van der Waals surface area contributed by atoms with Gasteiger partial charge in [-0.05, 0) is 49.6 Å². The molecular weight excluding hydrogens is 376 g/mol. The zero-order valence-corrected chi connectivity index (χ0v) is 17.0. The van der Waals surface area contributed by atoms with Crippen LogP contribution >= 0.6 is 0 Å². The van der Waals surface area contributed by atoms with Crippen LogP contribution in [0.3, 0.4) is 0 Å². The Hall–Kier alpha value is -2.22. The standard InChI is InChI=1S/C21H26N2O4S/c1-3-27-21(24)18-9-6-10-20(13-18)28(25,26)22-14-16(2)23-12-11-17-7-4-5-8-19(17)15-23/h4-10,13,16,22H,3,11-12,14-15H2,1-2H3. The summed E-state index contributed by atoms with van der Waals surface area (Å²) in [6, 6.07) is 14.3. The van der Waals surface area contributed by atoms with E-state index in [2.05, 4.69) is 27.8 Å². The topological polar surface area (TPSA) is 75.7 Å². The molecule has 6 nitrogen and oxygen atoms in total. The van der Waals surface area contributed by atoms with E-state index in [4.69, 9.17) is 4.74 Å². The smallest absolute Gasteiger partial charge is 0.338 e. The van der Waals surface area contributed by atoms with Crippen molar-refractivity contribution in [2.24, 2.45) is 0 Å². The molecule has 1 N–H and O–H groups in total. The molecule has 7 heteroatoms. The van der Waals surface area contributed by atoms with E-state index >= 15 is 0 Å². The number of ether oxygens (including phenoxy) is 1. The number of benzene rings is 2. The molecule has 0 amide bonds. The third kappa shape index (κ3) is 4.79. The quantitative estimate of drug-likeness (QED) is 0.721. The number of hydrogen-bond donors (Lipinski definition) is 1. The minimum atomic E-state index is -3.71. The van der Waals surface area contributed by atoms with Crippen molar-refractivity contribution in [1.82, 2.24) is 9.62 Å². The average molecular weight is 403 g/mol. The van der Waals surface area contributed by atoms with Crippen LogP contribution in [0.1, 0.15) is 35.3 Å². The molecule has 1 atom stereocenters. The lowest BCUT2D eigenvalue weighted by atomic mass is 9.99. The molecular formula is C21H26N2O4S. The summed E-state index contributed by atoms with van der Waals surface area (Å²) in [4.78, 5) is 14.2. The predicted molar refractivity (Wildman–Crippen MR) is 108 cm³/mol. The van der Waals surface area contributed by atoms with E-state index in [0.29, 0.717) is 6.54 Å². The predicted octanol–water partition coefficient (Wildman–Crippen LogP) is 2.59. The fraction of sp³-hybridized carbons (Fsp3) is 0.381. The zero-order chi connectivity index (χ0) is 20.1. The molecule has 0 saturated carbocycles. The largest absolute Gasteiger partial charge is 0.462 e. The highest BCUT2D eigenvalue weighted by molar-refractivity contribution is 7.89. The Morgan fingerprint density at radius 2 is 1.93 bits per heavy atom. The van der Waals surface area contributed by atoms with Gasteiger partial charge in [0.2, 0.25) is 10.0 Å². The van der Waals surface area contributed by atoms with E-state index in [1.165, 1.54) is 23.3 Å². The summed E-state index contributed by atoms with van der Waals surface area (Å²) in [5.74, 6) is -0.528. The van der Waals surface area contributed by atoms with Crippen LogP contribution < -0.4 is 4.72 Å². The van der Waals surface area contributed by atoms with E-state index in [0.717, 1.165) is 19.5 Å². The van der Waals surface area contributed by atoms with Gasteiger partial charge in [0.1, 0.15) is 0 Å². The fourth-order valence-corrected chi connectivity index (χ4v) is 4.51. The molecule has 2 aromatic carbocycles. The third-order valence-electron chi connectivity index (χ3n) is 5.01. The molecule has 0 fully saturated rings. The first kappa shape index (κ1) is 20.5. The van der Waals surface area contributed by atoms with Crippen molar-refractivity contribution in [3.05, 3.63) is 65.2 Å². The molecule has 0 spiro atoms. The molecule has 2 aromatic rings. The van der Waals surface area contributed by atoms with Gasteiger partial charge in [0.15, 0.2) is 0 Å². The molecule has 0 radical (unpaired) electrons. The Morgan fingerprint density at radius 1 is 1.18 bits per heavy atom. The molecule has 150 valence electrons. The van der Waals surface area contributed by atoms with Gasteiger partial charge >= 0.3 is 5.97 Å². The second-order valence-corrected chi connectivity index (χ2v) is 8.71. The summed E-state index contributed by atoms with van der Waals surface area (Å²) in [5.41, 5.74) is 2.89. The van der Waals surface area contributed by atoms with E-state index < -0.39 is 16.0 Å². The third-order valence-corrected chi connectivity index (χ3v) is 6.43. The number of nitrogens with zero attached hydrogens (tertiary/aromatic N) is 1. The number of carbonyl (C=O) groups is 1. The van der Waals surface area contributed by atoms with Crippen molar-refractivity contribution < 1.29 is 17.9 Å². The van der Waals surface area contributed by atoms with Crippen molar-refractivity contribution in [2.45, 2.75) is 37.8 Å². The Kier molecular flexibility index (Phi) is 6.49. The highest BCUT2D eigenvalue weighted by atomic mass is 32.2. The van der Waals surface area contributed by atoms with Crippen LogP contribution in [0.4, 0.5) is 0 Å². The lowest BCUT2D eigenvalue weighted by Crippen LogP contribution is -2.44. The number of sulfonamides is 1. The first-order chi connectivity index (χ1) is 13.4. The van der Waals surface area contributed by atoms with Crippen LogP contribution in [0.5, 0.6) is 0 Å². The maximum atomic E-state index is 12.7. The summed E-state index contributed by atoms with van der Waals surface area (Å²) in [6.45, 7) is 5.99. The number of hydrogen-bond acceptors (Lipinski definition) is 5. The lowest BCUT2D eigenvalue weighted by Gasteiger charge is -2.33. The Morgan fingerprint density at radius 3 is 2.68 bits per heavy atom. The molecule has 1 aliphatic heterocycles. The molecule has 3 rings (SSSR count). The maximum absolute atomic E-state index is 12.7. The van der Waals surface area contributed by atoms with Gasteiger partial charge < -0.3 is 4.74 Å². The Bertz CT molecular complexity index is 943. The fourth-order valence-electron chi connectivity index (χ4n) is 3.34. The number of carbonyl (C=O) groups excluding carboxylic acids is 1. The maximum Gasteiger partial charge on any atom is 0.338 e. The molecule has 0 aliphatic carbocycles. The van der Waals surface area contributed by atoms with Gasteiger partial charge in [-0.1, -0.05) is 30.3 Å². The van der Waals surface area contributed by atoms with Crippen LogP contribution in [-0.2, 0) is 27.7 Å². The minimum absolute atomic E-state index is 0.0522. The van der Waals surface area contributed by atoms with Crippen molar-refractivity contribution in [3.8, 4) is 0 Å². The number of rotatable bonds is 7. The zero-order valence-electron chi connectivity index (χ0n) is 16.2. The minimum Gasteiger partial charge on any atom is -0.462 e. The van der Waals surface area contributed by atoms with Gasteiger partial charge in [-0.3, -0.25) is 4.90 Å². The van der Waals surface area contributed by atoms with Gasteiger partial charge in [0.25, 0.3) is 0 Å². The van der Waals surface area contributed by atoms with Gasteiger partial charge in [0, 0.05) is 25.7 Å². The second-order valence-electron chi connectivity index (χ2n) is 6.94. The number of nitrogens with one attached hydrogen (secondary N) is 1. The summed E-state index contributed by atoms with van der Waals surface area (Å²) in [5, 5.41) is 0. The summed E-state index contributed by atoms with van der Waals surface area (Å²) < 4.78 is 33.0. The summed E-state index contributed by atoms with van der Waals surface area (Å²) in [7, 11) is -3.71.